The lowest BCUT2D eigenvalue weighted by Crippen LogP contribution is -2.40. The molecule has 2 aliphatic rings. The smallest absolute Gasteiger partial charge is 0.272 e. The first-order valence-electron chi connectivity index (χ1n) is 12.5. The zero-order valence-electron chi connectivity index (χ0n) is 19.8. The Kier molecular flexibility index (Phi) is 6.29. The van der Waals surface area contributed by atoms with Gasteiger partial charge in [0.25, 0.3) is 5.91 Å². The number of hydrogen-bond donors (Lipinski definition) is 0. The van der Waals surface area contributed by atoms with Gasteiger partial charge in [-0.25, -0.2) is 15.0 Å². The highest BCUT2D eigenvalue weighted by Crippen LogP contribution is 2.30. The number of likely N-dealkylation sites (tertiary alicyclic amines) is 1. The Morgan fingerprint density at radius 2 is 1.85 bits per heavy atom. The number of amides is 1. The number of aromatic nitrogens is 4. The third kappa shape index (κ3) is 4.45. The highest BCUT2D eigenvalue weighted by Gasteiger charge is 2.30. The quantitative estimate of drug-likeness (QED) is 0.575. The number of rotatable bonds is 5. The Labute approximate surface area is 195 Å². The van der Waals surface area contributed by atoms with Crippen molar-refractivity contribution in [2.24, 2.45) is 0 Å². The van der Waals surface area contributed by atoms with Crippen LogP contribution in [0.5, 0.6) is 0 Å². The van der Waals surface area contributed by atoms with Gasteiger partial charge in [-0.1, -0.05) is 19.1 Å². The summed E-state index contributed by atoms with van der Waals surface area (Å²) in [6, 6.07) is 10.2. The van der Waals surface area contributed by atoms with Gasteiger partial charge in [0.1, 0.15) is 11.5 Å². The third-order valence-corrected chi connectivity index (χ3v) is 6.91. The van der Waals surface area contributed by atoms with Crippen molar-refractivity contribution in [3.05, 3.63) is 47.5 Å². The fourth-order valence-electron chi connectivity index (χ4n) is 5.30. The topological polar surface area (TPSA) is 67.2 Å². The summed E-state index contributed by atoms with van der Waals surface area (Å²) in [5.41, 5.74) is 3.61. The second-order valence-corrected chi connectivity index (χ2v) is 9.44. The number of carbonyl (C=O) groups excluding carboxylic acids is 1. The van der Waals surface area contributed by atoms with Crippen LogP contribution >= 0.6 is 0 Å². The summed E-state index contributed by atoms with van der Waals surface area (Å²) in [4.78, 5) is 32.1. The predicted molar refractivity (Wildman–Crippen MR) is 131 cm³/mol. The Balaban J connectivity index is 1.39. The minimum Gasteiger partial charge on any atom is -0.341 e. The molecule has 0 bridgehead atoms. The van der Waals surface area contributed by atoms with Crippen LogP contribution in [0.25, 0.3) is 11.0 Å². The van der Waals surface area contributed by atoms with E-state index in [0.29, 0.717) is 18.2 Å². The van der Waals surface area contributed by atoms with Crippen molar-refractivity contribution in [1.82, 2.24) is 24.4 Å². The van der Waals surface area contributed by atoms with Crippen molar-refractivity contribution >= 4 is 22.9 Å². The number of para-hydroxylation sites is 2. The molecule has 2 fully saturated rings. The third-order valence-electron chi connectivity index (χ3n) is 6.91. The number of imidazole rings is 1. The summed E-state index contributed by atoms with van der Waals surface area (Å²) in [6.07, 6.45) is 6.67. The van der Waals surface area contributed by atoms with Gasteiger partial charge in [0.2, 0.25) is 5.95 Å². The Morgan fingerprint density at radius 3 is 2.67 bits per heavy atom. The van der Waals surface area contributed by atoms with Gasteiger partial charge in [0.15, 0.2) is 0 Å². The first kappa shape index (κ1) is 21.9. The summed E-state index contributed by atoms with van der Waals surface area (Å²) in [5, 5.41) is 0. The second kappa shape index (κ2) is 9.49. The minimum absolute atomic E-state index is 0.0154. The van der Waals surface area contributed by atoms with Crippen molar-refractivity contribution < 1.29 is 4.79 Å². The molecule has 0 N–H and O–H groups in total. The molecule has 1 aromatic carbocycles. The molecule has 7 heteroatoms. The van der Waals surface area contributed by atoms with Crippen molar-refractivity contribution in [2.75, 3.05) is 31.1 Å². The summed E-state index contributed by atoms with van der Waals surface area (Å²) in [5.74, 6) is 2.08. The van der Waals surface area contributed by atoms with E-state index in [9.17, 15) is 4.79 Å². The Hall–Kier alpha value is -2.96. The van der Waals surface area contributed by atoms with Gasteiger partial charge in [0, 0.05) is 44.3 Å². The predicted octanol–water partition coefficient (Wildman–Crippen LogP) is 4.55. The fourth-order valence-corrected chi connectivity index (χ4v) is 5.30. The molecule has 2 saturated heterocycles. The van der Waals surface area contributed by atoms with Crippen LogP contribution in [0.2, 0.25) is 0 Å². The van der Waals surface area contributed by atoms with E-state index in [4.69, 9.17) is 9.97 Å². The number of piperidine rings is 2. The molecule has 174 valence electrons. The molecular formula is C26H34N6O. The molecule has 5 rings (SSSR count). The van der Waals surface area contributed by atoms with E-state index < -0.39 is 0 Å². The van der Waals surface area contributed by atoms with Crippen LogP contribution in [0.3, 0.4) is 0 Å². The fraction of sp³-hybridized carbons (Fsp3) is 0.538. The van der Waals surface area contributed by atoms with Crippen LogP contribution in [0.15, 0.2) is 30.3 Å². The van der Waals surface area contributed by atoms with Crippen LogP contribution in [0.1, 0.15) is 73.4 Å². The maximum Gasteiger partial charge on any atom is 0.272 e. The lowest BCUT2D eigenvalue weighted by Gasteiger charge is -2.33. The maximum absolute atomic E-state index is 13.5. The van der Waals surface area contributed by atoms with E-state index in [-0.39, 0.29) is 11.8 Å². The van der Waals surface area contributed by atoms with Gasteiger partial charge in [-0.15, -0.1) is 0 Å². The molecule has 0 saturated carbocycles. The largest absolute Gasteiger partial charge is 0.341 e. The zero-order chi connectivity index (χ0) is 22.8. The van der Waals surface area contributed by atoms with E-state index >= 15 is 0 Å². The molecular weight excluding hydrogens is 412 g/mol. The van der Waals surface area contributed by atoms with Crippen molar-refractivity contribution in [1.29, 1.82) is 0 Å². The van der Waals surface area contributed by atoms with E-state index in [1.807, 2.05) is 24.0 Å². The number of benzene rings is 1. The lowest BCUT2D eigenvalue weighted by molar-refractivity contribution is 0.0697. The van der Waals surface area contributed by atoms with Crippen LogP contribution in [-0.4, -0.2) is 56.5 Å². The monoisotopic (exact) mass is 446 g/mol. The number of aryl methyl sites for hydroxylation is 2. The van der Waals surface area contributed by atoms with Crippen molar-refractivity contribution in [2.45, 2.75) is 64.8 Å². The van der Waals surface area contributed by atoms with Gasteiger partial charge in [-0.05, 0) is 63.6 Å². The highest BCUT2D eigenvalue weighted by molar-refractivity contribution is 5.92. The number of carbonyl (C=O) groups is 1. The highest BCUT2D eigenvalue weighted by atomic mass is 16.2. The van der Waals surface area contributed by atoms with Crippen LogP contribution in [-0.2, 0) is 6.54 Å². The summed E-state index contributed by atoms with van der Waals surface area (Å²) >= 11 is 0. The number of anilines is 1. The molecule has 2 aliphatic heterocycles. The number of nitrogens with zero attached hydrogens (tertiary/aromatic N) is 6. The molecule has 1 amide bonds. The number of fused-ring (bicyclic) bond motifs is 1. The average molecular weight is 447 g/mol. The summed E-state index contributed by atoms with van der Waals surface area (Å²) < 4.78 is 2.36. The van der Waals surface area contributed by atoms with Gasteiger partial charge >= 0.3 is 0 Å². The van der Waals surface area contributed by atoms with Crippen LogP contribution in [0, 0.1) is 6.92 Å². The molecule has 1 unspecified atom stereocenters. The first-order valence-corrected chi connectivity index (χ1v) is 12.5. The lowest BCUT2D eigenvalue weighted by atomic mass is 9.96. The Bertz CT molecular complexity index is 1130. The molecule has 7 nitrogen and oxygen atoms in total. The normalized spacial score (nSPS) is 19.3. The SMILES string of the molecule is CCCn1c(C2CCCN(C(=O)c3cc(C)nc(N4CCCCC4)n3)C2)nc2ccccc21. The zero-order valence-corrected chi connectivity index (χ0v) is 19.8. The van der Waals surface area contributed by atoms with Gasteiger partial charge in [-0.3, -0.25) is 4.79 Å². The van der Waals surface area contributed by atoms with E-state index in [2.05, 4.69) is 39.6 Å². The first-order chi connectivity index (χ1) is 16.1. The molecule has 0 spiro atoms. The van der Waals surface area contributed by atoms with Crippen LogP contribution < -0.4 is 4.90 Å². The van der Waals surface area contributed by atoms with E-state index in [0.717, 1.165) is 75.3 Å². The van der Waals surface area contributed by atoms with Crippen molar-refractivity contribution in [3.8, 4) is 0 Å². The maximum atomic E-state index is 13.5. The molecule has 0 radical (unpaired) electrons. The van der Waals surface area contributed by atoms with Crippen molar-refractivity contribution in [3.63, 3.8) is 0 Å². The average Bonchev–Trinajstić information content (AvgIpc) is 3.23. The number of hydrogen-bond acceptors (Lipinski definition) is 5. The molecule has 2 aromatic heterocycles. The molecule has 4 heterocycles. The minimum atomic E-state index is 0.0154. The van der Waals surface area contributed by atoms with Gasteiger partial charge in [-0.2, -0.15) is 0 Å². The van der Waals surface area contributed by atoms with E-state index in [1.165, 1.54) is 11.9 Å². The molecule has 0 aliphatic carbocycles. The standard InChI is InChI=1S/C26H34N6O/c1-3-13-32-23-12-6-5-11-21(23)28-24(32)20-10-9-16-31(18-20)25(33)22-17-19(2)27-26(29-22)30-14-7-4-8-15-30/h5-6,11-12,17,20H,3-4,7-10,13-16,18H2,1-2H3. The van der Waals surface area contributed by atoms with Gasteiger partial charge in [0.05, 0.1) is 11.0 Å². The molecule has 3 aromatic rings. The summed E-state index contributed by atoms with van der Waals surface area (Å²) in [6.45, 7) is 8.50. The second-order valence-electron chi connectivity index (χ2n) is 9.44. The van der Waals surface area contributed by atoms with Gasteiger partial charge < -0.3 is 14.4 Å². The molecule has 1 atom stereocenters. The van der Waals surface area contributed by atoms with Crippen LogP contribution in [0.4, 0.5) is 5.95 Å². The Morgan fingerprint density at radius 1 is 1.03 bits per heavy atom. The van der Waals surface area contributed by atoms with E-state index in [1.54, 1.807) is 0 Å². The summed E-state index contributed by atoms with van der Waals surface area (Å²) in [7, 11) is 0. The molecule has 33 heavy (non-hydrogen) atoms.